The van der Waals surface area contributed by atoms with Crippen LogP contribution in [0.25, 0.3) is 0 Å². The molecule has 4 heteroatoms. The molecule has 0 saturated carbocycles. The van der Waals surface area contributed by atoms with E-state index in [0.717, 1.165) is 25.8 Å². The Balaban J connectivity index is 2.53. The quantitative estimate of drug-likeness (QED) is 0.674. The highest BCUT2D eigenvalue weighted by molar-refractivity contribution is 5.78. The van der Waals surface area contributed by atoms with Gasteiger partial charge in [0, 0.05) is 13.7 Å². The summed E-state index contributed by atoms with van der Waals surface area (Å²) in [5, 5.41) is 8.45. The molecule has 0 radical (unpaired) electrons. The molecule has 1 fully saturated rings. The molecule has 0 aromatic heterocycles. The third-order valence-corrected chi connectivity index (χ3v) is 2.54. The Morgan fingerprint density at radius 1 is 1.64 bits per heavy atom. The van der Waals surface area contributed by atoms with E-state index in [-0.39, 0.29) is 18.4 Å². The number of hydrogen-bond acceptors (Lipinski definition) is 3. The van der Waals surface area contributed by atoms with Gasteiger partial charge >= 0.3 is 0 Å². The summed E-state index contributed by atoms with van der Waals surface area (Å²) < 4.78 is 5.06. The number of ether oxygens (including phenoxy) is 1. The van der Waals surface area contributed by atoms with Gasteiger partial charge in [-0.05, 0) is 19.3 Å². The van der Waals surface area contributed by atoms with Gasteiger partial charge in [0.05, 0.1) is 18.7 Å². The smallest absolute Gasteiger partial charge is 0.237 e. The molecule has 1 aliphatic rings. The average Bonchev–Trinajstić information content (AvgIpc) is 2.19. The standard InChI is InChI=1S/C10H16N2O2/c1-14-8-9-4-2-3-7-12(9)10(13)5-6-11/h9H,2-5,7-8H2,1H3/t9-/m0/s1. The van der Waals surface area contributed by atoms with Gasteiger partial charge in [-0.25, -0.2) is 0 Å². The summed E-state index contributed by atoms with van der Waals surface area (Å²) in [6.07, 6.45) is 3.16. The molecule has 1 saturated heterocycles. The van der Waals surface area contributed by atoms with Crippen molar-refractivity contribution in [2.75, 3.05) is 20.3 Å². The lowest BCUT2D eigenvalue weighted by Gasteiger charge is -2.34. The van der Waals surface area contributed by atoms with Crippen molar-refractivity contribution in [3.63, 3.8) is 0 Å². The number of methoxy groups -OCH3 is 1. The third-order valence-electron chi connectivity index (χ3n) is 2.54. The molecule has 1 rings (SSSR count). The number of amides is 1. The van der Waals surface area contributed by atoms with Crippen molar-refractivity contribution in [3.8, 4) is 6.07 Å². The molecule has 14 heavy (non-hydrogen) atoms. The highest BCUT2D eigenvalue weighted by Crippen LogP contribution is 2.17. The number of carbonyl (C=O) groups is 1. The first-order valence-corrected chi connectivity index (χ1v) is 4.95. The second kappa shape index (κ2) is 5.61. The van der Waals surface area contributed by atoms with E-state index in [2.05, 4.69) is 0 Å². The Hall–Kier alpha value is -1.08. The Bertz CT molecular complexity index is 233. The molecule has 0 aromatic carbocycles. The van der Waals surface area contributed by atoms with Gasteiger partial charge in [-0.3, -0.25) is 4.79 Å². The van der Waals surface area contributed by atoms with E-state index in [1.165, 1.54) is 0 Å². The molecule has 0 bridgehead atoms. The normalized spacial score (nSPS) is 21.7. The predicted molar refractivity (Wildman–Crippen MR) is 51.5 cm³/mol. The maximum Gasteiger partial charge on any atom is 0.237 e. The summed E-state index contributed by atoms with van der Waals surface area (Å²) in [6, 6.07) is 2.07. The van der Waals surface area contributed by atoms with E-state index in [4.69, 9.17) is 10.00 Å². The Morgan fingerprint density at radius 3 is 3.07 bits per heavy atom. The SMILES string of the molecule is COC[C@@H]1CCCCN1C(=O)CC#N. The third kappa shape index (κ3) is 2.71. The van der Waals surface area contributed by atoms with Crippen LogP contribution in [0.1, 0.15) is 25.7 Å². The highest BCUT2D eigenvalue weighted by atomic mass is 16.5. The molecule has 78 valence electrons. The van der Waals surface area contributed by atoms with Crippen LogP contribution in [0.3, 0.4) is 0 Å². The molecule has 0 unspecified atom stereocenters. The Labute approximate surface area is 84.4 Å². The van der Waals surface area contributed by atoms with Crippen LogP contribution in [0.5, 0.6) is 0 Å². The van der Waals surface area contributed by atoms with Crippen LogP contribution in [0.15, 0.2) is 0 Å². The number of nitrogens with zero attached hydrogens (tertiary/aromatic N) is 2. The summed E-state index contributed by atoms with van der Waals surface area (Å²) in [6.45, 7) is 1.35. The second-order valence-corrected chi connectivity index (χ2v) is 3.53. The lowest BCUT2D eigenvalue weighted by molar-refractivity contribution is -0.135. The predicted octanol–water partition coefficient (Wildman–Crippen LogP) is 0.928. The molecule has 1 aliphatic heterocycles. The maximum atomic E-state index is 11.5. The lowest BCUT2D eigenvalue weighted by Crippen LogP contribution is -2.45. The molecule has 0 N–H and O–H groups in total. The van der Waals surface area contributed by atoms with E-state index < -0.39 is 0 Å². The largest absolute Gasteiger partial charge is 0.383 e. The summed E-state index contributed by atoms with van der Waals surface area (Å²) in [4.78, 5) is 13.3. The van der Waals surface area contributed by atoms with Crippen LogP contribution in [0.4, 0.5) is 0 Å². The first-order chi connectivity index (χ1) is 6.79. The molecule has 4 nitrogen and oxygen atoms in total. The number of hydrogen-bond donors (Lipinski definition) is 0. The fraction of sp³-hybridized carbons (Fsp3) is 0.800. The van der Waals surface area contributed by atoms with Crippen LogP contribution in [0.2, 0.25) is 0 Å². The molecule has 0 spiro atoms. The van der Waals surface area contributed by atoms with Crippen molar-refractivity contribution in [1.29, 1.82) is 5.26 Å². The van der Waals surface area contributed by atoms with Gasteiger partial charge in [-0.2, -0.15) is 5.26 Å². The van der Waals surface area contributed by atoms with Crippen LogP contribution >= 0.6 is 0 Å². The monoisotopic (exact) mass is 196 g/mol. The molecule has 1 amide bonds. The molecular formula is C10H16N2O2. The van der Waals surface area contributed by atoms with E-state index in [1.54, 1.807) is 12.0 Å². The average molecular weight is 196 g/mol. The Kier molecular flexibility index (Phi) is 4.41. The van der Waals surface area contributed by atoms with Gasteiger partial charge in [0.2, 0.25) is 5.91 Å². The zero-order valence-electron chi connectivity index (χ0n) is 8.53. The fourth-order valence-electron chi connectivity index (χ4n) is 1.86. The van der Waals surface area contributed by atoms with Gasteiger partial charge in [0.1, 0.15) is 6.42 Å². The number of piperidine rings is 1. The summed E-state index contributed by atoms with van der Waals surface area (Å²) >= 11 is 0. The van der Waals surface area contributed by atoms with Gasteiger partial charge in [-0.1, -0.05) is 0 Å². The maximum absolute atomic E-state index is 11.5. The number of nitriles is 1. The highest BCUT2D eigenvalue weighted by Gasteiger charge is 2.25. The van der Waals surface area contributed by atoms with Crippen molar-refractivity contribution in [2.24, 2.45) is 0 Å². The number of likely N-dealkylation sites (tertiary alicyclic amines) is 1. The van der Waals surface area contributed by atoms with E-state index in [1.807, 2.05) is 6.07 Å². The number of rotatable bonds is 3. The number of carbonyl (C=O) groups excluding carboxylic acids is 1. The Morgan fingerprint density at radius 2 is 2.43 bits per heavy atom. The van der Waals surface area contributed by atoms with E-state index >= 15 is 0 Å². The van der Waals surface area contributed by atoms with Crippen LogP contribution < -0.4 is 0 Å². The minimum Gasteiger partial charge on any atom is -0.383 e. The van der Waals surface area contributed by atoms with Crippen molar-refractivity contribution in [1.82, 2.24) is 4.90 Å². The minimum absolute atomic E-state index is 0.0137. The first-order valence-electron chi connectivity index (χ1n) is 4.95. The summed E-state index contributed by atoms with van der Waals surface area (Å²) in [5.41, 5.74) is 0. The zero-order chi connectivity index (χ0) is 10.4. The van der Waals surface area contributed by atoms with Crippen molar-refractivity contribution >= 4 is 5.91 Å². The summed E-state index contributed by atoms with van der Waals surface area (Å²) in [7, 11) is 1.64. The fourth-order valence-corrected chi connectivity index (χ4v) is 1.86. The van der Waals surface area contributed by atoms with Gasteiger partial charge in [0.15, 0.2) is 0 Å². The zero-order valence-corrected chi connectivity index (χ0v) is 8.53. The van der Waals surface area contributed by atoms with Crippen molar-refractivity contribution < 1.29 is 9.53 Å². The minimum atomic E-state index is -0.0609. The second-order valence-electron chi connectivity index (χ2n) is 3.53. The van der Waals surface area contributed by atoms with Gasteiger partial charge in [0.25, 0.3) is 0 Å². The van der Waals surface area contributed by atoms with Crippen molar-refractivity contribution in [2.45, 2.75) is 31.7 Å². The molecule has 0 aromatic rings. The molecular weight excluding hydrogens is 180 g/mol. The first kappa shape index (κ1) is 11.0. The lowest BCUT2D eigenvalue weighted by atomic mass is 10.0. The molecule has 1 heterocycles. The topological polar surface area (TPSA) is 53.3 Å². The van der Waals surface area contributed by atoms with E-state index in [9.17, 15) is 4.79 Å². The van der Waals surface area contributed by atoms with Crippen LogP contribution in [0, 0.1) is 11.3 Å². The van der Waals surface area contributed by atoms with Crippen LogP contribution in [-0.2, 0) is 9.53 Å². The summed E-state index contributed by atoms with van der Waals surface area (Å²) in [5.74, 6) is -0.0609. The van der Waals surface area contributed by atoms with Gasteiger partial charge < -0.3 is 9.64 Å². The van der Waals surface area contributed by atoms with Gasteiger partial charge in [-0.15, -0.1) is 0 Å². The van der Waals surface area contributed by atoms with E-state index in [0.29, 0.717) is 6.61 Å². The van der Waals surface area contributed by atoms with Crippen molar-refractivity contribution in [3.05, 3.63) is 0 Å². The molecule has 0 aliphatic carbocycles. The van der Waals surface area contributed by atoms with Crippen LogP contribution in [-0.4, -0.2) is 37.1 Å². The molecule has 1 atom stereocenters.